The molecule has 0 aliphatic heterocycles. The summed E-state index contributed by atoms with van der Waals surface area (Å²) in [5, 5.41) is 32.9. The van der Waals surface area contributed by atoms with Gasteiger partial charge < -0.3 is 15.3 Å². The van der Waals surface area contributed by atoms with Crippen LogP contribution in [0.1, 0.15) is 70.6 Å². The Balaban J connectivity index is 1.23. The average molecular weight is 532 g/mol. The molecule has 0 bridgehead atoms. The first-order valence-corrected chi connectivity index (χ1v) is 14.9. The number of aliphatic hydroxyl groups excluding tert-OH is 2. The number of aromatic nitrogens is 3. The van der Waals surface area contributed by atoms with Crippen LogP contribution in [-0.2, 0) is 17.6 Å². The minimum atomic E-state index is -0.750. The monoisotopic (exact) mass is 531 g/mol. The fourth-order valence-electron chi connectivity index (χ4n) is 10.2. The van der Waals surface area contributed by atoms with Gasteiger partial charge in [-0.1, -0.05) is 32.9 Å². The number of para-hydroxylation sites is 2. The Morgan fingerprint density at radius 1 is 1.13 bits per heavy atom. The minimum Gasteiger partial charge on any atom is -0.481 e. The summed E-state index contributed by atoms with van der Waals surface area (Å²) in [7, 11) is 0. The lowest BCUT2D eigenvalue weighted by molar-refractivity contribution is -0.196. The van der Waals surface area contributed by atoms with Crippen molar-refractivity contribution in [1.82, 2.24) is 14.4 Å². The van der Waals surface area contributed by atoms with E-state index >= 15 is 0 Å². The van der Waals surface area contributed by atoms with Gasteiger partial charge in [-0.25, -0.2) is 9.97 Å². The molecule has 7 nitrogen and oxygen atoms in total. The van der Waals surface area contributed by atoms with Crippen molar-refractivity contribution in [2.24, 2.45) is 46.3 Å². The van der Waals surface area contributed by atoms with Crippen LogP contribution in [0.2, 0.25) is 0 Å². The molecule has 1 aromatic carbocycles. The third kappa shape index (κ3) is 3.58. The molecular weight excluding hydrogens is 490 g/mol. The van der Waals surface area contributed by atoms with Gasteiger partial charge in [-0.3, -0.25) is 9.20 Å². The second-order valence-electron chi connectivity index (χ2n) is 13.9. The van der Waals surface area contributed by atoms with Gasteiger partial charge in [0.1, 0.15) is 0 Å². The molecule has 39 heavy (non-hydrogen) atoms. The Morgan fingerprint density at radius 3 is 2.72 bits per heavy atom. The zero-order chi connectivity index (χ0) is 27.3. The minimum absolute atomic E-state index is 0.0159. The zero-order valence-corrected chi connectivity index (χ0v) is 23.3. The number of carboxylic acids is 1. The molecule has 7 rings (SSSR count). The number of aliphatic carboxylic acids is 1. The molecule has 2 aromatic heterocycles. The van der Waals surface area contributed by atoms with Crippen molar-refractivity contribution >= 4 is 22.8 Å². The van der Waals surface area contributed by atoms with Crippen LogP contribution in [0.15, 0.2) is 30.5 Å². The van der Waals surface area contributed by atoms with Crippen molar-refractivity contribution in [2.75, 3.05) is 0 Å². The highest BCUT2D eigenvalue weighted by atomic mass is 16.4. The molecule has 7 heteroatoms. The molecule has 3 fully saturated rings. The summed E-state index contributed by atoms with van der Waals surface area (Å²) in [5.41, 5.74) is 4.12. The molecule has 0 spiro atoms. The molecular formula is C32H41N3O4. The molecule has 5 unspecified atom stereocenters. The maximum atomic E-state index is 11.9. The molecule has 10 atom stereocenters. The third-order valence-corrected chi connectivity index (χ3v) is 12.2. The quantitative estimate of drug-likeness (QED) is 0.442. The molecule has 3 N–H and O–H groups in total. The molecule has 0 saturated heterocycles. The first-order valence-electron chi connectivity index (χ1n) is 14.9. The molecule has 3 saturated carbocycles. The predicted molar refractivity (Wildman–Crippen MR) is 148 cm³/mol. The van der Waals surface area contributed by atoms with Gasteiger partial charge in [0.05, 0.1) is 23.2 Å². The fraction of sp³-hybridized carbons (Fsp3) is 0.656. The molecule has 2 heterocycles. The number of benzene rings is 1. The van der Waals surface area contributed by atoms with Gasteiger partial charge >= 0.3 is 5.97 Å². The Bertz CT molecular complexity index is 1450. The standard InChI is InChI=1S/C32H41N3O4/c1-17(8-11-28(38)39)20-9-10-21-29-22(14-27(37)32(20,21)3)31(2)15-18-16-35-25-7-5-4-6-23(25)33-30(35)34-24(18)12-19(31)13-26(29)36/h4-7,16-17,19-22,26-27,29,36-37H,8-15H2,1-3H3,(H,38,39)/t17?,19?,20-,21?,22?,26-,27+,29?,31+,32-/m1/s1. The van der Waals surface area contributed by atoms with Gasteiger partial charge in [-0.2, -0.15) is 0 Å². The number of imidazole rings is 1. The summed E-state index contributed by atoms with van der Waals surface area (Å²) < 4.78 is 2.12. The van der Waals surface area contributed by atoms with Crippen LogP contribution < -0.4 is 0 Å². The molecule has 208 valence electrons. The molecule has 4 aliphatic rings. The van der Waals surface area contributed by atoms with Crippen molar-refractivity contribution in [3.05, 3.63) is 41.7 Å². The SMILES string of the molecule is CC(CCC(=O)O)[C@H]1CCC2C3C(C[C@H](O)[C@@]21C)[C@@]1(C)Cc2cn4c(nc2CC1C[C@H]3O)nc1ccccc14. The Morgan fingerprint density at radius 2 is 1.92 bits per heavy atom. The van der Waals surface area contributed by atoms with Crippen LogP contribution in [0.4, 0.5) is 0 Å². The topological polar surface area (TPSA) is 108 Å². The lowest BCUT2D eigenvalue weighted by atomic mass is 9.43. The van der Waals surface area contributed by atoms with E-state index in [1.54, 1.807) is 0 Å². The van der Waals surface area contributed by atoms with E-state index in [4.69, 9.17) is 9.97 Å². The highest BCUT2D eigenvalue weighted by molar-refractivity contribution is 5.79. The summed E-state index contributed by atoms with van der Waals surface area (Å²) in [5.74, 6) is 1.52. The Hall–Kier alpha value is -2.51. The van der Waals surface area contributed by atoms with Crippen LogP contribution in [0, 0.1) is 46.3 Å². The highest BCUT2D eigenvalue weighted by Gasteiger charge is 2.65. The largest absolute Gasteiger partial charge is 0.481 e. The van der Waals surface area contributed by atoms with Crippen molar-refractivity contribution in [3.8, 4) is 0 Å². The van der Waals surface area contributed by atoms with Gasteiger partial charge in [0.15, 0.2) is 0 Å². The third-order valence-electron chi connectivity index (χ3n) is 12.2. The van der Waals surface area contributed by atoms with Crippen LogP contribution in [0.25, 0.3) is 16.8 Å². The van der Waals surface area contributed by atoms with E-state index in [1.807, 2.05) is 18.2 Å². The summed E-state index contributed by atoms with van der Waals surface area (Å²) in [4.78, 5) is 21.0. The van der Waals surface area contributed by atoms with Crippen molar-refractivity contribution < 1.29 is 20.1 Å². The summed E-state index contributed by atoms with van der Waals surface area (Å²) in [6, 6.07) is 8.17. The normalized spacial score (nSPS) is 40.1. The number of aliphatic hydroxyl groups is 2. The van der Waals surface area contributed by atoms with E-state index in [0.29, 0.717) is 18.8 Å². The molecule has 4 aliphatic carbocycles. The zero-order valence-electron chi connectivity index (χ0n) is 23.3. The summed E-state index contributed by atoms with van der Waals surface area (Å²) in [6.07, 6.45) is 7.51. The van der Waals surface area contributed by atoms with E-state index in [9.17, 15) is 20.1 Å². The van der Waals surface area contributed by atoms with Gasteiger partial charge in [0.25, 0.3) is 0 Å². The maximum absolute atomic E-state index is 11.9. The number of hydrogen-bond donors (Lipinski definition) is 3. The van der Waals surface area contributed by atoms with Gasteiger partial charge in [-0.15, -0.1) is 0 Å². The second kappa shape index (κ2) is 8.74. The van der Waals surface area contributed by atoms with Crippen LogP contribution in [-0.4, -0.2) is 47.9 Å². The maximum Gasteiger partial charge on any atom is 0.303 e. The van der Waals surface area contributed by atoms with Crippen molar-refractivity contribution in [2.45, 2.75) is 84.3 Å². The van der Waals surface area contributed by atoms with Crippen LogP contribution >= 0.6 is 0 Å². The number of nitrogens with zero attached hydrogens (tertiary/aromatic N) is 3. The average Bonchev–Trinajstić information content (AvgIpc) is 3.44. The van der Waals surface area contributed by atoms with Crippen molar-refractivity contribution in [1.29, 1.82) is 0 Å². The Kier molecular flexibility index (Phi) is 5.71. The van der Waals surface area contributed by atoms with E-state index in [1.165, 1.54) is 5.56 Å². The summed E-state index contributed by atoms with van der Waals surface area (Å²) >= 11 is 0. The fourth-order valence-corrected chi connectivity index (χ4v) is 10.2. The molecule has 3 aromatic rings. The number of hydrogen-bond acceptors (Lipinski definition) is 5. The smallest absolute Gasteiger partial charge is 0.303 e. The molecule has 0 radical (unpaired) electrons. The van der Waals surface area contributed by atoms with E-state index in [-0.39, 0.29) is 52.9 Å². The number of rotatable bonds is 4. The predicted octanol–water partition coefficient (Wildman–Crippen LogP) is 4.90. The van der Waals surface area contributed by atoms with E-state index in [2.05, 4.69) is 37.4 Å². The van der Waals surface area contributed by atoms with E-state index < -0.39 is 12.1 Å². The second-order valence-corrected chi connectivity index (χ2v) is 13.9. The first kappa shape index (κ1) is 25.5. The van der Waals surface area contributed by atoms with Crippen LogP contribution in [0.5, 0.6) is 0 Å². The van der Waals surface area contributed by atoms with Crippen LogP contribution in [0.3, 0.4) is 0 Å². The lowest BCUT2D eigenvalue weighted by Gasteiger charge is -2.63. The Labute approximate surface area is 229 Å². The number of carbonyl (C=O) groups is 1. The lowest BCUT2D eigenvalue weighted by Crippen LogP contribution is -2.62. The van der Waals surface area contributed by atoms with E-state index in [0.717, 1.165) is 54.6 Å². The van der Waals surface area contributed by atoms with Gasteiger partial charge in [0.2, 0.25) is 5.78 Å². The van der Waals surface area contributed by atoms with Crippen molar-refractivity contribution in [3.63, 3.8) is 0 Å². The number of carboxylic acid groups (broad SMARTS) is 1. The van der Waals surface area contributed by atoms with Gasteiger partial charge in [-0.05, 0) is 109 Å². The molecule has 0 amide bonds. The first-order chi connectivity index (χ1) is 18.6. The number of fused-ring (bicyclic) bond motifs is 9. The summed E-state index contributed by atoms with van der Waals surface area (Å²) in [6.45, 7) is 6.83. The highest BCUT2D eigenvalue weighted by Crippen LogP contribution is 2.68. The van der Waals surface area contributed by atoms with Gasteiger partial charge in [0, 0.05) is 18.3 Å².